The van der Waals surface area contributed by atoms with E-state index in [4.69, 9.17) is 16.3 Å². The molecular weight excluding hydrogens is 456 g/mol. The van der Waals surface area contributed by atoms with Gasteiger partial charge < -0.3 is 10.1 Å². The predicted octanol–water partition coefficient (Wildman–Crippen LogP) is 3.87. The second-order valence-electron chi connectivity index (χ2n) is 7.22. The summed E-state index contributed by atoms with van der Waals surface area (Å²) in [6.07, 6.45) is 1.73. The Morgan fingerprint density at radius 3 is 2.91 bits per heavy atom. The maximum atomic E-state index is 13.1. The van der Waals surface area contributed by atoms with Crippen molar-refractivity contribution in [2.45, 2.75) is 30.6 Å². The Kier molecular flexibility index (Phi) is 6.73. The Labute approximate surface area is 191 Å². The van der Waals surface area contributed by atoms with Gasteiger partial charge in [-0.25, -0.2) is 4.98 Å². The molecule has 4 rings (SSSR count). The molecule has 1 aliphatic heterocycles. The molecule has 1 atom stereocenters. The number of carbonyl (C=O) groups excluding carboxylic acids is 1. The number of nitro benzene ring substituents is 1. The number of aromatic nitrogens is 2. The Morgan fingerprint density at radius 1 is 1.34 bits per heavy atom. The molecule has 1 unspecified atom stereocenters. The number of hydrogen-bond donors (Lipinski definition) is 1. The minimum Gasteiger partial charge on any atom is -0.376 e. The van der Waals surface area contributed by atoms with Crippen molar-refractivity contribution in [3.05, 3.63) is 68.0 Å². The fourth-order valence-corrected chi connectivity index (χ4v) is 4.46. The summed E-state index contributed by atoms with van der Waals surface area (Å²) in [5, 5.41) is 14.6. The Bertz CT molecular complexity index is 1240. The molecule has 3 aromatic rings. The maximum absolute atomic E-state index is 13.1. The van der Waals surface area contributed by atoms with E-state index >= 15 is 0 Å². The lowest BCUT2D eigenvalue weighted by atomic mass is 10.2. The molecule has 1 amide bonds. The molecule has 1 N–H and O–H groups in total. The molecular formula is C21H19ClN4O5S. The van der Waals surface area contributed by atoms with E-state index in [0.29, 0.717) is 29.2 Å². The zero-order valence-electron chi connectivity index (χ0n) is 16.8. The normalized spacial score (nSPS) is 15.7. The van der Waals surface area contributed by atoms with Gasteiger partial charge in [-0.05, 0) is 37.1 Å². The number of amides is 1. The van der Waals surface area contributed by atoms with Crippen LogP contribution in [0.5, 0.6) is 0 Å². The second-order valence-corrected chi connectivity index (χ2v) is 8.57. The van der Waals surface area contributed by atoms with Crippen LogP contribution in [0, 0.1) is 10.1 Å². The molecule has 1 fully saturated rings. The second kappa shape index (κ2) is 9.68. The third-order valence-electron chi connectivity index (χ3n) is 5.00. The topological polar surface area (TPSA) is 116 Å². The molecule has 1 saturated heterocycles. The first kappa shape index (κ1) is 22.3. The van der Waals surface area contributed by atoms with Crippen LogP contribution >= 0.6 is 23.4 Å². The predicted molar refractivity (Wildman–Crippen MR) is 122 cm³/mol. The summed E-state index contributed by atoms with van der Waals surface area (Å²) in [4.78, 5) is 40.6. The van der Waals surface area contributed by atoms with Crippen molar-refractivity contribution in [3.63, 3.8) is 0 Å². The first-order chi connectivity index (χ1) is 15.4. The molecule has 2 heterocycles. The van der Waals surface area contributed by atoms with Crippen LogP contribution in [-0.4, -0.2) is 38.8 Å². The van der Waals surface area contributed by atoms with Crippen molar-refractivity contribution >= 4 is 51.5 Å². The Hall–Kier alpha value is -2.95. The van der Waals surface area contributed by atoms with E-state index in [9.17, 15) is 19.7 Å². The molecule has 9 nitrogen and oxygen atoms in total. The zero-order chi connectivity index (χ0) is 22.7. The van der Waals surface area contributed by atoms with Crippen LogP contribution in [0.15, 0.2) is 52.4 Å². The summed E-state index contributed by atoms with van der Waals surface area (Å²) in [6.45, 7) is 1.03. The molecule has 1 aromatic heterocycles. The lowest BCUT2D eigenvalue weighted by Crippen LogP contribution is -2.29. The van der Waals surface area contributed by atoms with Gasteiger partial charge in [-0.2, -0.15) is 0 Å². The van der Waals surface area contributed by atoms with Crippen LogP contribution in [0.1, 0.15) is 12.8 Å². The van der Waals surface area contributed by atoms with Crippen LogP contribution in [-0.2, 0) is 16.1 Å². The summed E-state index contributed by atoms with van der Waals surface area (Å²) in [5.74, 6) is -0.426. The van der Waals surface area contributed by atoms with Crippen molar-refractivity contribution < 1.29 is 14.5 Å². The number of halogens is 1. The third-order valence-corrected chi connectivity index (χ3v) is 6.29. The Morgan fingerprint density at radius 2 is 2.16 bits per heavy atom. The van der Waals surface area contributed by atoms with Crippen LogP contribution in [0.25, 0.3) is 10.9 Å². The SMILES string of the molecule is O=C(CSc1nc2ccccc2c(=O)n1CC1CCCO1)Nc1ccc(Cl)c([N+](=O)[O-])c1. The number of carbonyl (C=O) groups is 1. The van der Waals surface area contributed by atoms with Gasteiger partial charge in [0.05, 0.1) is 34.2 Å². The highest BCUT2D eigenvalue weighted by molar-refractivity contribution is 7.99. The smallest absolute Gasteiger partial charge is 0.289 e. The van der Waals surface area contributed by atoms with Crippen molar-refractivity contribution in [2.24, 2.45) is 0 Å². The van der Waals surface area contributed by atoms with Crippen LogP contribution in [0.2, 0.25) is 5.02 Å². The number of nitro groups is 1. The van der Waals surface area contributed by atoms with E-state index in [1.54, 1.807) is 28.8 Å². The quantitative estimate of drug-likeness (QED) is 0.239. The summed E-state index contributed by atoms with van der Waals surface area (Å²) in [6, 6.07) is 11.1. The number of hydrogen-bond acceptors (Lipinski definition) is 7. The molecule has 32 heavy (non-hydrogen) atoms. The number of para-hydroxylation sites is 1. The van der Waals surface area contributed by atoms with E-state index in [-0.39, 0.29) is 33.8 Å². The van der Waals surface area contributed by atoms with Gasteiger partial charge in [0.2, 0.25) is 5.91 Å². The molecule has 0 saturated carbocycles. The van der Waals surface area contributed by atoms with Crippen molar-refractivity contribution in [2.75, 3.05) is 17.7 Å². The fraction of sp³-hybridized carbons (Fsp3) is 0.286. The number of ether oxygens (including phenoxy) is 1. The number of nitrogens with zero attached hydrogens (tertiary/aromatic N) is 3. The molecule has 0 aliphatic carbocycles. The van der Waals surface area contributed by atoms with Gasteiger partial charge in [-0.15, -0.1) is 0 Å². The van der Waals surface area contributed by atoms with E-state index < -0.39 is 10.8 Å². The first-order valence-electron chi connectivity index (χ1n) is 9.90. The first-order valence-corrected chi connectivity index (χ1v) is 11.3. The number of benzene rings is 2. The average molecular weight is 475 g/mol. The number of nitrogens with one attached hydrogen (secondary N) is 1. The molecule has 0 spiro atoms. The van der Waals surface area contributed by atoms with Gasteiger partial charge in [-0.1, -0.05) is 35.5 Å². The summed E-state index contributed by atoms with van der Waals surface area (Å²) < 4.78 is 7.24. The van der Waals surface area contributed by atoms with E-state index in [1.807, 2.05) is 0 Å². The van der Waals surface area contributed by atoms with Gasteiger partial charge >= 0.3 is 0 Å². The zero-order valence-corrected chi connectivity index (χ0v) is 18.4. The molecule has 0 bridgehead atoms. The van der Waals surface area contributed by atoms with Gasteiger partial charge in [-0.3, -0.25) is 24.3 Å². The van der Waals surface area contributed by atoms with Gasteiger partial charge in [0.15, 0.2) is 5.16 Å². The standard InChI is InChI=1S/C21H19ClN4O5S/c22-16-8-7-13(10-18(16)26(29)30)23-19(27)12-32-21-24-17-6-2-1-5-15(17)20(28)25(21)11-14-4-3-9-31-14/h1-2,5-8,10,14H,3-4,9,11-12H2,(H,23,27). The fourth-order valence-electron chi connectivity index (χ4n) is 3.47. The summed E-state index contributed by atoms with van der Waals surface area (Å²) in [7, 11) is 0. The molecule has 2 aromatic carbocycles. The molecule has 166 valence electrons. The molecule has 11 heteroatoms. The van der Waals surface area contributed by atoms with Crippen LogP contribution in [0.4, 0.5) is 11.4 Å². The Balaban J connectivity index is 1.54. The highest BCUT2D eigenvalue weighted by Gasteiger charge is 2.21. The van der Waals surface area contributed by atoms with Crippen LogP contribution in [0.3, 0.4) is 0 Å². The van der Waals surface area contributed by atoms with Gasteiger partial charge in [0.1, 0.15) is 5.02 Å². The van der Waals surface area contributed by atoms with E-state index in [2.05, 4.69) is 10.3 Å². The van der Waals surface area contributed by atoms with Gasteiger partial charge in [0, 0.05) is 18.4 Å². The minimum atomic E-state index is -0.616. The lowest BCUT2D eigenvalue weighted by molar-refractivity contribution is -0.384. The highest BCUT2D eigenvalue weighted by atomic mass is 35.5. The number of fused-ring (bicyclic) bond motifs is 1. The van der Waals surface area contributed by atoms with Gasteiger partial charge in [0.25, 0.3) is 11.2 Å². The van der Waals surface area contributed by atoms with Crippen LogP contribution < -0.4 is 10.9 Å². The van der Waals surface area contributed by atoms with E-state index in [0.717, 1.165) is 24.6 Å². The largest absolute Gasteiger partial charge is 0.376 e. The van der Waals surface area contributed by atoms with Crippen molar-refractivity contribution in [3.8, 4) is 0 Å². The summed E-state index contributed by atoms with van der Waals surface area (Å²) in [5.41, 5.74) is 0.341. The maximum Gasteiger partial charge on any atom is 0.289 e. The van der Waals surface area contributed by atoms with E-state index in [1.165, 1.54) is 18.2 Å². The molecule has 1 aliphatic rings. The average Bonchev–Trinajstić information content (AvgIpc) is 3.29. The molecule has 0 radical (unpaired) electrons. The number of anilines is 1. The van der Waals surface area contributed by atoms with Crippen molar-refractivity contribution in [1.29, 1.82) is 0 Å². The van der Waals surface area contributed by atoms with Crippen molar-refractivity contribution in [1.82, 2.24) is 9.55 Å². The third kappa shape index (κ3) is 4.93. The number of thioether (sulfide) groups is 1. The lowest BCUT2D eigenvalue weighted by Gasteiger charge is -2.16. The number of rotatable bonds is 7. The minimum absolute atomic E-state index is 0.0131. The summed E-state index contributed by atoms with van der Waals surface area (Å²) >= 11 is 6.93. The highest BCUT2D eigenvalue weighted by Crippen LogP contribution is 2.28. The monoisotopic (exact) mass is 474 g/mol.